The van der Waals surface area contributed by atoms with Crippen molar-refractivity contribution in [3.8, 4) is 5.75 Å². The molecule has 0 saturated carbocycles. The second kappa shape index (κ2) is 8.06. The number of hydrogen-bond donors (Lipinski definition) is 0. The number of anilines is 1. The Labute approximate surface area is 148 Å². The van der Waals surface area contributed by atoms with E-state index >= 15 is 0 Å². The maximum Gasteiger partial charge on any atom is 0.253 e. The summed E-state index contributed by atoms with van der Waals surface area (Å²) < 4.78 is 7.26. The quantitative estimate of drug-likeness (QED) is 0.849. The zero-order chi connectivity index (χ0) is 16.2. The van der Waals surface area contributed by atoms with E-state index in [1.807, 2.05) is 41.6 Å². The summed E-state index contributed by atoms with van der Waals surface area (Å²) in [6, 6.07) is 7.28. The van der Waals surface area contributed by atoms with Gasteiger partial charge in [-0.2, -0.15) is 0 Å². The average molecular weight is 351 g/mol. The van der Waals surface area contributed by atoms with Crippen LogP contribution in [0.15, 0.2) is 36.7 Å². The van der Waals surface area contributed by atoms with E-state index in [1.165, 1.54) is 0 Å². The zero-order valence-electron chi connectivity index (χ0n) is 14.0. The number of carbonyl (C=O) groups is 1. The van der Waals surface area contributed by atoms with Crippen molar-refractivity contribution in [1.82, 2.24) is 14.5 Å². The van der Waals surface area contributed by atoms with Gasteiger partial charge in [-0.25, -0.2) is 4.98 Å². The Morgan fingerprint density at radius 3 is 2.42 bits per heavy atom. The SMILES string of the molecule is CCn1ccnc1N1CCN(C(=O)c2ccc(OC)cc2)CC1.Cl. The van der Waals surface area contributed by atoms with Crippen molar-refractivity contribution >= 4 is 24.3 Å². The number of carbonyl (C=O) groups excluding carboxylic acids is 1. The number of halogens is 1. The second-order valence-corrected chi connectivity index (χ2v) is 5.52. The normalized spacial score (nSPS) is 14.2. The van der Waals surface area contributed by atoms with E-state index in [2.05, 4.69) is 21.4 Å². The highest BCUT2D eigenvalue weighted by Crippen LogP contribution is 2.17. The first-order valence-corrected chi connectivity index (χ1v) is 7.92. The molecule has 2 heterocycles. The molecule has 0 unspecified atom stereocenters. The minimum Gasteiger partial charge on any atom is -0.497 e. The number of methoxy groups -OCH3 is 1. The highest BCUT2D eigenvalue weighted by Gasteiger charge is 2.24. The van der Waals surface area contributed by atoms with Gasteiger partial charge in [-0.3, -0.25) is 4.79 Å². The van der Waals surface area contributed by atoms with E-state index in [4.69, 9.17) is 4.74 Å². The van der Waals surface area contributed by atoms with Gasteiger partial charge in [0.1, 0.15) is 5.75 Å². The van der Waals surface area contributed by atoms with Crippen molar-refractivity contribution < 1.29 is 9.53 Å². The third-order valence-electron chi connectivity index (χ3n) is 4.22. The first-order valence-electron chi connectivity index (χ1n) is 7.92. The molecule has 0 bridgehead atoms. The first kappa shape index (κ1) is 18.1. The molecule has 6 nitrogen and oxygen atoms in total. The number of hydrogen-bond acceptors (Lipinski definition) is 4. The fourth-order valence-electron chi connectivity index (χ4n) is 2.86. The van der Waals surface area contributed by atoms with Crippen LogP contribution in [-0.2, 0) is 6.54 Å². The Kier molecular flexibility index (Phi) is 6.09. The predicted octanol–water partition coefficient (Wildman–Crippen LogP) is 2.30. The van der Waals surface area contributed by atoms with E-state index in [0.29, 0.717) is 18.7 Å². The maximum atomic E-state index is 12.6. The lowest BCUT2D eigenvalue weighted by atomic mass is 10.1. The van der Waals surface area contributed by atoms with E-state index < -0.39 is 0 Å². The van der Waals surface area contributed by atoms with Crippen LogP contribution >= 0.6 is 12.4 Å². The standard InChI is InChI=1S/C17H22N4O2.ClH/c1-3-19-9-8-18-17(19)21-12-10-20(11-13-21)16(22)14-4-6-15(23-2)7-5-14;/h4-9H,3,10-13H2,1-2H3;1H. The van der Waals surface area contributed by atoms with Crippen molar-refractivity contribution in [3.63, 3.8) is 0 Å². The number of piperazine rings is 1. The van der Waals surface area contributed by atoms with Crippen LogP contribution in [0.4, 0.5) is 5.95 Å². The Balaban J connectivity index is 0.00000208. The molecule has 1 aromatic carbocycles. The van der Waals surface area contributed by atoms with Gasteiger partial charge in [0.2, 0.25) is 5.95 Å². The largest absolute Gasteiger partial charge is 0.497 e. The van der Waals surface area contributed by atoms with Crippen LogP contribution in [-0.4, -0.2) is 53.6 Å². The molecule has 1 aliphatic rings. The fraction of sp³-hybridized carbons (Fsp3) is 0.412. The van der Waals surface area contributed by atoms with Crippen molar-refractivity contribution in [2.24, 2.45) is 0 Å². The average Bonchev–Trinajstić information content (AvgIpc) is 3.10. The molecule has 1 saturated heterocycles. The van der Waals surface area contributed by atoms with Crippen molar-refractivity contribution in [1.29, 1.82) is 0 Å². The van der Waals surface area contributed by atoms with Gasteiger partial charge in [0, 0.05) is 50.7 Å². The third-order valence-corrected chi connectivity index (χ3v) is 4.22. The lowest BCUT2D eigenvalue weighted by Gasteiger charge is -2.35. The van der Waals surface area contributed by atoms with E-state index in [-0.39, 0.29) is 18.3 Å². The number of aryl methyl sites for hydroxylation is 1. The number of imidazole rings is 1. The molecule has 2 aromatic rings. The smallest absolute Gasteiger partial charge is 0.253 e. The molecule has 7 heteroatoms. The van der Waals surface area contributed by atoms with E-state index in [0.717, 1.165) is 31.3 Å². The molecular weight excluding hydrogens is 328 g/mol. The number of ether oxygens (including phenoxy) is 1. The van der Waals surface area contributed by atoms with Gasteiger partial charge < -0.3 is 19.1 Å². The molecule has 130 valence electrons. The number of amides is 1. The summed E-state index contributed by atoms with van der Waals surface area (Å²) in [6.07, 6.45) is 3.82. The highest BCUT2D eigenvalue weighted by molar-refractivity contribution is 5.94. The Morgan fingerprint density at radius 2 is 1.83 bits per heavy atom. The molecule has 1 aliphatic heterocycles. The Morgan fingerprint density at radius 1 is 1.17 bits per heavy atom. The second-order valence-electron chi connectivity index (χ2n) is 5.52. The van der Waals surface area contributed by atoms with Crippen LogP contribution in [0.1, 0.15) is 17.3 Å². The van der Waals surface area contributed by atoms with Crippen molar-refractivity contribution in [3.05, 3.63) is 42.2 Å². The topological polar surface area (TPSA) is 50.6 Å². The molecule has 1 fully saturated rings. The highest BCUT2D eigenvalue weighted by atomic mass is 35.5. The Hall–Kier alpha value is -2.21. The molecule has 0 spiro atoms. The summed E-state index contributed by atoms with van der Waals surface area (Å²) in [7, 11) is 1.62. The van der Waals surface area contributed by atoms with Gasteiger partial charge >= 0.3 is 0 Å². The molecule has 3 rings (SSSR count). The number of nitrogens with zero attached hydrogens (tertiary/aromatic N) is 4. The van der Waals surface area contributed by atoms with Gasteiger partial charge in [0.25, 0.3) is 5.91 Å². The predicted molar refractivity (Wildman–Crippen MR) is 96.3 cm³/mol. The summed E-state index contributed by atoms with van der Waals surface area (Å²) in [6.45, 7) is 6.04. The van der Waals surface area contributed by atoms with Gasteiger partial charge in [0.15, 0.2) is 0 Å². The van der Waals surface area contributed by atoms with Crippen LogP contribution < -0.4 is 9.64 Å². The van der Waals surface area contributed by atoms with E-state index in [1.54, 1.807) is 7.11 Å². The van der Waals surface area contributed by atoms with Gasteiger partial charge in [-0.1, -0.05) is 0 Å². The third kappa shape index (κ3) is 3.64. The van der Waals surface area contributed by atoms with Crippen LogP contribution in [0.3, 0.4) is 0 Å². The fourth-order valence-corrected chi connectivity index (χ4v) is 2.86. The summed E-state index contributed by atoms with van der Waals surface area (Å²) in [5.74, 6) is 1.83. The van der Waals surface area contributed by atoms with Crippen LogP contribution in [0.25, 0.3) is 0 Å². The number of aromatic nitrogens is 2. The molecule has 0 N–H and O–H groups in total. The Bertz CT molecular complexity index is 663. The van der Waals surface area contributed by atoms with Crippen LogP contribution in [0.2, 0.25) is 0 Å². The summed E-state index contributed by atoms with van der Waals surface area (Å²) in [5, 5.41) is 0. The molecule has 1 aromatic heterocycles. The summed E-state index contributed by atoms with van der Waals surface area (Å²) in [5.41, 5.74) is 0.703. The zero-order valence-corrected chi connectivity index (χ0v) is 14.8. The minimum absolute atomic E-state index is 0. The summed E-state index contributed by atoms with van der Waals surface area (Å²) >= 11 is 0. The van der Waals surface area contributed by atoms with Crippen molar-refractivity contribution in [2.75, 3.05) is 38.2 Å². The summed E-state index contributed by atoms with van der Waals surface area (Å²) in [4.78, 5) is 21.1. The van der Waals surface area contributed by atoms with Crippen molar-refractivity contribution in [2.45, 2.75) is 13.5 Å². The van der Waals surface area contributed by atoms with Crippen LogP contribution in [0, 0.1) is 0 Å². The van der Waals surface area contributed by atoms with Gasteiger partial charge in [-0.05, 0) is 31.2 Å². The molecule has 0 radical (unpaired) electrons. The molecule has 0 atom stereocenters. The van der Waals surface area contributed by atoms with E-state index in [9.17, 15) is 4.79 Å². The van der Waals surface area contributed by atoms with Gasteiger partial charge in [0.05, 0.1) is 7.11 Å². The van der Waals surface area contributed by atoms with Crippen LogP contribution in [0.5, 0.6) is 5.75 Å². The number of benzene rings is 1. The first-order chi connectivity index (χ1) is 11.2. The monoisotopic (exact) mass is 350 g/mol. The number of rotatable bonds is 4. The maximum absolute atomic E-state index is 12.6. The van der Waals surface area contributed by atoms with Gasteiger partial charge in [-0.15, -0.1) is 12.4 Å². The molecule has 1 amide bonds. The minimum atomic E-state index is 0. The lowest BCUT2D eigenvalue weighted by Crippen LogP contribution is -2.49. The molecule has 0 aliphatic carbocycles. The lowest BCUT2D eigenvalue weighted by molar-refractivity contribution is 0.0746. The molecule has 24 heavy (non-hydrogen) atoms. The molecular formula is C17H23ClN4O2.